The van der Waals surface area contributed by atoms with E-state index in [1.807, 2.05) is 0 Å². The Morgan fingerprint density at radius 1 is 0.759 bits per heavy atom. The van der Waals surface area contributed by atoms with E-state index in [-0.39, 0.29) is 11.8 Å². The van der Waals surface area contributed by atoms with Gasteiger partial charge in [-0.3, -0.25) is 9.59 Å². The highest BCUT2D eigenvalue weighted by molar-refractivity contribution is 6.28. The van der Waals surface area contributed by atoms with Crippen molar-refractivity contribution in [1.29, 1.82) is 0 Å². The maximum Gasteiger partial charge on any atom is 0.258 e. The van der Waals surface area contributed by atoms with Crippen LogP contribution in [0.4, 0.5) is 5.69 Å². The molecule has 0 N–H and O–H groups in total. The summed E-state index contributed by atoms with van der Waals surface area (Å²) in [7, 11) is 0. The van der Waals surface area contributed by atoms with Gasteiger partial charge in [-0.1, -0.05) is 12.1 Å². The molecule has 0 saturated heterocycles. The van der Waals surface area contributed by atoms with E-state index in [0.717, 1.165) is 58.2 Å². The van der Waals surface area contributed by atoms with Gasteiger partial charge in [0.05, 0.1) is 5.69 Å². The molecular weight excluding hydrogens is 358 g/mol. The standard InChI is InChI=1S/C26H29NO2/c1-13-5-16(6-14(2)25(13)27-23(28)3-4-24(27)29)26-10-20-17-7-15-8-18(20)22(12-26)19(9-15)21(17)11-26/h3-6,15,17-22H,7-12H2,1-2H3. The molecule has 0 spiro atoms. The lowest BCUT2D eigenvalue weighted by atomic mass is 9.32. The number of carbonyl (C=O) groups is 2. The Balaban J connectivity index is 1.30. The van der Waals surface area contributed by atoms with Gasteiger partial charge in [0.2, 0.25) is 0 Å². The van der Waals surface area contributed by atoms with Gasteiger partial charge in [-0.2, -0.15) is 0 Å². The molecule has 7 saturated carbocycles. The first-order chi connectivity index (χ1) is 13.9. The molecule has 7 aliphatic carbocycles. The first-order valence-electron chi connectivity index (χ1n) is 11.6. The van der Waals surface area contributed by atoms with Crippen LogP contribution in [-0.4, -0.2) is 11.8 Å². The number of hydrogen-bond acceptors (Lipinski definition) is 2. The second-order valence-electron chi connectivity index (χ2n) is 11.3. The van der Waals surface area contributed by atoms with Crippen LogP contribution in [0.25, 0.3) is 0 Å². The van der Waals surface area contributed by atoms with Gasteiger partial charge in [0.15, 0.2) is 0 Å². The number of amides is 2. The monoisotopic (exact) mass is 387 g/mol. The highest BCUT2D eigenvalue weighted by Gasteiger charge is 2.67. The lowest BCUT2D eigenvalue weighted by Crippen LogP contribution is -2.66. The van der Waals surface area contributed by atoms with Crippen molar-refractivity contribution in [2.75, 3.05) is 4.90 Å². The van der Waals surface area contributed by atoms with Gasteiger partial charge in [0.25, 0.3) is 11.8 Å². The van der Waals surface area contributed by atoms with Crippen LogP contribution in [0.3, 0.4) is 0 Å². The Labute approximate surface area is 172 Å². The number of rotatable bonds is 2. The van der Waals surface area contributed by atoms with Crippen LogP contribution >= 0.6 is 0 Å². The average molecular weight is 388 g/mol. The van der Waals surface area contributed by atoms with Crippen molar-refractivity contribution >= 4 is 17.5 Å². The average Bonchev–Trinajstić information content (AvgIpc) is 3.03. The van der Waals surface area contributed by atoms with Crippen molar-refractivity contribution < 1.29 is 9.59 Å². The number of nitrogens with zero attached hydrogens (tertiary/aromatic N) is 1. The van der Waals surface area contributed by atoms with E-state index in [1.54, 1.807) is 0 Å². The van der Waals surface area contributed by atoms with Crippen molar-refractivity contribution in [3.05, 3.63) is 41.0 Å². The van der Waals surface area contributed by atoms with Crippen molar-refractivity contribution in [2.24, 2.45) is 41.4 Å². The fourth-order valence-electron chi connectivity index (χ4n) is 9.50. The van der Waals surface area contributed by atoms with Crippen molar-refractivity contribution in [2.45, 2.75) is 57.8 Å². The summed E-state index contributed by atoms with van der Waals surface area (Å²) < 4.78 is 0. The molecule has 1 aromatic rings. The topological polar surface area (TPSA) is 37.4 Å². The molecule has 7 fully saturated rings. The second-order valence-corrected chi connectivity index (χ2v) is 11.3. The third kappa shape index (κ3) is 1.95. The Morgan fingerprint density at radius 3 is 1.66 bits per heavy atom. The van der Waals surface area contributed by atoms with Crippen LogP contribution < -0.4 is 4.90 Å². The molecule has 0 aromatic heterocycles. The summed E-state index contributed by atoms with van der Waals surface area (Å²) in [5, 5.41) is 0. The third-order valence-corrected chi connectivity index (χ3v) is 10.1. The van der Waals surface area contributed by atoms with Gasteiger partial charge in [0.1, 0.15) is 0 Å². The molecule has 9 rings (SSSR count). The van der Waals surface area contributed by atoms with Gasteiger partial charge < -0.3 is 0 Å². The minimum atomic E-state index is -0.212. The number of carbonyl (C=O) groups excluding carboxylic acids is 2. The minimum Gasteiger partial charge on any atom is -0.269 e. The van der Waals surface area contributed by atoms with Gasteiger partial charge >= 0.3 is 0 Å². The molecule has 2 amide bonds. The number of aryl methyl sites for hydroxylation is 2. The van der Waals surface area contributed by atoms with Crippen molar-refractivity contribution in [3.63, 3.8) is 0 Å². The summed E-state index contributed by atoms with van der Waals surface area (Å²) in [5.41, 5.74) is 4.79. The summed E-state index contributed by atoms with van der Waals surface area (Å²) in [5.74, 6) is 6.59. The molecule has 0 atom stereocenters. The normalized spacial score (nSPS) is 45.9. The Morgan fingerprint density at radius 2 is 1.21 bits per heavy atom. The largest absolute Gasteiger partial charge is 0.269 e. The van der Waals surface area contributed by atoms with E-state index in [1.165, 1.54) is 61.1 Å². The smallest absolute Gasteiger partial charge is 0.258 e. The molecule has 8 bridgehead atoms. The summed E-state index contributed by atoms with van der Waals surface area (Å²) in [6, 6.07) is 4.65. The zero-order valence-corrected chi connectivity index (χ0v) is 17.4. The van der Waals surface area contributed by atoms with Crippen LogP contribution in [0.5, 0.6) is 0 Å². The summed E-state index contributed by atoms with van der Waals surface area (Å²) in [4.78, 5) is 25.9. The first kappa shape index (κ1) is 16.8. The molecule has 1 aromatic carbocycles. The van der Waals surface area contributed by atoms with Crippen LogP contribution in [0, 0.1) is 55.3 Å². The molecule has 0 radical (unpaired) electrons. The third-order valence-electron chi connectivity index (χ3n) is 10.1. The molecule has 0 unspecified atom stereocenters. The Hall–Kier alpha value is -1.90. The van der Waals surface area contributed by atoms with E-state index in [0.29, 0.717) is 5.41 Å². The highest BCUT2D eigenvalue weighted by Crippen LogP contribution is 2.74. The first-order valence-corrected chi connectivity index (χ1v) is 11.6. The molecule has 3 nitrogen and oxygen atoms in total. The molecule has 1 heterocycles. The van der Waals surface area contributed by atoms with E-state index < -0.39 is 0 Å². The highest BCUT2D eigenvalue weighted by atomic mass is 16.2. The van der Waals surface area contributed by atoms with Gasteiger partial charge in [-0.05, 0) is 116 Å². The number of benzene rings is 1. The van der Waals surface area contributed by atoms with Gasteiger partial charge in [-0.25, -0.2) is 4.90 Å². The van der Waals surface area contributed by atoms with Crippen LogP contribution in [0.1, 0.15) is 55.2 Å². The summed E-state index contributed by atoms with van der Waals surface area (Å²) >= 11 is 0. The quantitative estimate of drug-likeness (QED) is 0.690. The van der Waals surface area contributed by atoms with Crippen molar-refractivity contribution in [3.8, 4) is 0 Å². The number of imide groups is 1. The van der Waals surface area contributed by atoms with Crippen molar-refractivity contribution in [1.82, 2.24) is 0 Å². The zero-order valence-electron chi connectivity index (χ0n) is 17.4. The molecule has 1 aliphatic heterocycles. The Bertz CT molecular complexity index is 903. The fourth-order valence-corrected chi connectivity index (χ4v) is 9.50. The van der Waals surface area contributed by atoms with E-state index in [4.69, 9.17) is 0 Å². The van der Waals surface area contributed by atoms with Crippen LogP contribution in [0.15, 0.2) is 24.3 Å². The molecule has 3 heteroatoms. The van der Waals surface area contributed by atoms with Gasteiger partial charge in [0, 0.05) is 12.2 Å². The molecular formula is C26H29NO2. The maximum absolute atomic E-state index is 12.3. The zero-order chi connectivity index (χ0) is 19.7. The van der Waals surface area contributed by atoms with E-state index in [9.17, 15) is 9.59 Å². The van der Waals surface area contributed by atoms with E-state index in [2.05, 4.69) is 26.0 Å². The van der Waals surface area contributed by atoms with E-state index >= 15 is 0 Å². The molecule has 150 valence electrons. The molecule has 29 heavy (non-hydrogen) atoms. The SMILES string of the molecule is Cc1cc(C23CC4C5CC6CC4C(C2)C(C6)C5C3)cc(C)c1N1C(=O)C=CC1=O. The minimum absolute atomic E-state index is 0.212. The number of hydrogen-bond donors (Lipinski definition) is 0. The van der Waals surface area contributed by atoms with Crippen LogP contribution in [0.2, 0.25) is 0 Å². The predicted octanol–water partition coefficient (Wildman–Crippen LogP) is 4.69. The maximum atomic E-state index is 12.3. The lowest BCUT2D eigenvalue weighted by Gasteiger charge is -2.72. The summed E-state index contributed by atoms with van der Waals surface area (Å²) in [6.07, 6.45) is 11.5. The summed E-state index contributed by atoms with van der Waals surface area (Å²) in [6.45, 7) is 4.16. The van der Waals surface area contributed by atoms with Crippen LogP contribution in [-0.2, 0) is 15.0 Å². The number of anilines is 1. The van der Waals surface area contributed by atoms with Gasteiger partial charge in [-0.15, -0.1) is 0 Å². The second kappa shape index (κ2) is 5.22. The lowest BCUT2D eigenvalue weighted by molar-refractivity contribution is -0.212. The Kier molecular flexibility index (Phi) is 3.04. The predicted molar refractivity (Wildman–Crippen MR) is 111 cm³/mol. The fraction of sp³-hybridized carbons (Fsp3) is 0.615. The molecule has 8 aliphatic rings.